The lowest BCUT2D eigenvalue weighted by molar-refractivity contribution is 0.214. The van der Waals surface area contributed by atoms with Gasteiger partial charge in [0.1, 0.15) is 6.04 Å². The second-order valence-corrected chi connectivity index (χ2v) is 9.36. The number of hydrogen-bond acceptors (Lipinski definition) is 5. The van der Waals surface area contributed by atoms with Crippen LogP contribution in [0.3, 0.4) is 0 Å². The van der Waals surface area contributed by atoms with E-state index < -0.39 is 0 Å². The molecule has 0 amide bonds. The van der Waals surface area contributed by atoms with E-state index in [1.807, 2.05) is 35.5 Å². The van der Waals surface area contributed by atoms with Crippen molar-refractivity contribution in [1.82, 2.24) is 29.3 Å². The van der Waals surface area contributed by atoms with Crippen LogP contribution in [-0.2, 0) is 0 Å². The molecule has 0 radical (unpaired) electrons. The lowest BCUT2D eigenvalue weighted by atomic mass is 9.86. The van der Waals surface area contributed by atoms with Gasteiger partial charge in [-0.3, -0.25) is 19.0 Å². The summed E-state index contributed by atoms with van der Waals surface area (Å²) in [5.74, 6) is 0.645. The van der Waals surface area contributed by atoms with Crippen molar-refractivity contribution in [2.45, 2.75) is 77.0 Å². The van der Waals surface area contributed by atoms with E-state index in [1.165, 1.54) is 25.7 Å². The highest BCUT2D eigenvalue weighted by molar-refractivity contribution is 6.12. The van der Waals surface area contributed by atoms with Crippen molar-refractivity contribution in [3.05, 3.63) is 53.9 Å². The van der Waals surface area contributed by atoms with Crippen LogP contribution in [0.4, 0.5) is 0 Å². The topological polar surface area (TPSA) is 86.0 Å². The number of aromatic nitrogens is 6. The summed E-state index contributed by atoms with van der Waals surface area (Å²) >= 11 is 0. The number of aliphatic hydroxyl groups excluding tert-OH is 1. The van der Waals surface area contributed by atoms with Gasteiger partial charge in [-0.1, -0.05) is 26.7 Å². The largest absolute Gasteiger partial charge is 0.394 e. The summed E-state index contributed by atoms with van der Waals surface area (Å²) < 4.78 is 6.08. The Morgan fingerprint density at radius 2 is 1.94 bits per heavy atom. The van der Waals surface area contributed by atoms with Crippen LogP contribution in [0.2, 0.25) is 0 Å². The van der Waals surface area contributed by atoms with E-state index in [1.54, 1.807) is 0 Å². The summed E-state index contributed by atoms with van der Waals surface area (Å²) in [6.07, 6.45) is 15.7. The van der Waals surface area contributed by atoms with Gasteiger partial charge >= 0.3 is 0 Å². The van der Waals surface area contributed by atoms with Crippen LogP contribution in [-0.4, -0.2) is 46.8 Å². The second kappa shape index (κ2) is 8.65. The van der Waals surface area contributed by atoms with Crippen LogP contribution in [0.5, 0.6) is 0 Å². The second-order valence-electron chi connectivity index (χ2n) is 9.36. The Morgan fingerprint density at radius 1 is 1.09 bits per heavy atom. The van der Waals surface area contributed by atoms with E-state index in [-0.39, 0.29) is 24.7 Å². The molecule has 1 N–H and O–H groups in total. The van der Waals surface area contributed by atoms with Crippen LogP contribution < -0.4 is 0 Å². The molecule has 3 aromatic heterocycles. The lowest BCUT2D eigenvalue weighted by Crippen LogP contribution is -2.26. The van der Waals surface area contributed by atoms with Crippen LogP contribution in [0.25, 0.3) is 0 Å². The van der Waals surface area contributed by atoms with Gasteiger partial charge in [0.2, 0.25) is 0 Å². The zero-order chi connectivity index (χ0) is 22.2. The van der Waals surface area contributed by atoms with Gasteiger partial charge in [0, 0.05) is 29.7 Å². The summed E-state index contributed by atoms with van der Waals surface area (Å²) in [7, 11) is 0. The number of nitrogens with zero attached hydrogens (tertiary/aromatic N) is 7. The summed E-state index contributed by atoms with van der Waals surface area (Å²) in [4.78, 5) is 5.21. The van der Waals surface area contributed by atoms with Gasteiger partial charge < -0.3 is 5.11 Å². The SMILES string of the molecule is CCC(CO)n1cc(C2N=C(c3cnn([C@@H]4CCCC[C@H]4C)c3)c3ccnn3C2C)cn1. The number of rotatable bonds is 6. The fraction of sp³-hybridized carbons (Fsp3) is 0.583. The molecule has 0 aromatic carbocycles. The first-order valence-corrected chi connectivity index (χ1v) is 11.9. The summed E-state index contributed by atoms with van der Waals surface area (Å²) in [6.45, 7) is 6.62. The molecule has 2 aliphatic rings. The van der Waals surface area contributed by atoms with Crippen molar-refractivity contribution in [2.75, 3.05) is 6.61 Å². The molecule has 170 valence electrons. The average molecular weight is 436 g/mol. The fourth-order valence-corrected chi connectivity index (χ4v) is 5.28. The zero-order valence-electron chi connectivity index (χ0n) is 19.2. The van der Waals surface area contributed by atoms with Crippen LogP contribution in [0.15, 0.2) is 42.0 Å². The van der Waals surface area contributed by atoms with E-state index in [0.717, 1.165) is 29.0 Å². The van der Waals surface area contributed by atoms with E-state index >= 15 is 0 Å². The molecule has 3 aromatic rings. The Kier molecular flexibility index (Phi) is 5.71. The Hall–Kier alpha value is -2.74. The molecular formula is C24H33N7O. The minimum atomic E-state index is -0.0979. The Bertz CT molecular complexity index is 1090. The maximum atomic E-state index is 9.66. The molecule has 0 saturated heterocycles. The lowest BCUT2D eigenvalue weighted by Gasteiger charge is -2.29. The van der Waals surface area contributed by atoms with Gasteiger partial charge in [0.05, 0.1) is 48.5 Å². The minimum absolute atomic E-state index is 0.0120. The van der Waals surface area contributed by atoms with Crippen molar-refractivity contribution in [2.24, 2.45) is 10.9 Å². The van der Waals surface area contributed by atoms with Crippen molar-refractivity contribution < 1.29 is 5.11 Å². The molecular weight excluding hydrogens is 402 g/mol. The Balaban J connectivity index is 1.50. The number of aliphatic hydroxyl groups is 1. The molecule has 32 heavy (non-hydrogen) atoms. The molecule has 8 nitrogen and oxygen atoms in total. The predicted molar refractivity (Wildman–Crippen MR) is 123 cm³/mol. The van der Waals surface area contributed by atoms with E-state index in [0.29, 0.717) is 12.0 Å². The maximum absolute atomic E-state index is 9.66. The molecule has 8 heteroatoms. The maximum Gasteiger partial charge on any atom is 0.101 e. The smallest absolute Gasteiger partial charge is 0.101 e. The van der Waals surface area contributed by atoms with Crippen LogP contribution >= 0.6 is 0 Å². The van der Waals surface area contributed by atoms with Crippen molar-refractivity contribution in [1.29, 1.82) is 0 Å². The third-order valence-electron chi connectivity index (χ3n) is 7.32. The van der Waals surface area contributed by atoms with Crippen molar-refractivity contribution in [3.8, 4) is 0 Å². The molecule has 1 aliphatic carbocycles. The number of fused-ring (bicyclic) bond motifs is 1. The zero-order valence-corrected chi connectivity index (χ0v) is 19.2. The van der Waals surface area contributed by atoms with Gasteiger partial charge in [-0.2, -0.15) is 15.3 Å². The monoisotopic (exact) mass is 435 g/mol. The molecule has 4 heterocycles. The first-order chi connectivity index (χ1) is 15.6. The molecule has 5 atom stereocenters. The first kappa shape index (κ1) is 21.1. The highest BCUT2D eigenvalue weighted by Crippen LogP contribution is 2.37. The summed E-state index contributed by atoms with van der Waals surface area (Å²) in [5.41, 5.74) is 4.04. The molecule has 1 fully saturated rings. The van der Waals surface area contributed by atoms with Gasteiger partial charge in [0.15, 0.2) is 0 Å². The first-order valence-electron chi connectivity index (χ1n) is 11.9. The number of hydrogen-bond donors (Lipinski definition) is 1. The Morgan fingerprint density at radius 3 is 2.72 bits per heavy atom. The van der Waals surface area contributed by atoms with E-state index in [2.05, 4.69) is 46.5 Å². The van der Waals surface area contributed by atoms with Crippen LogP contribution in [0.1, 0.15) is 93.9 Å². The van der Waals surface area contributed by atoms with Crippen LogP contribution in [0, 0.1) is 5.92 Å². The van der Waals surface area contributed by atoms with Gasteiger partial charge in [-0.15, -0.1) is 0 Å². The highest BCUT2D eigenvalue weighted by atomic mass is 16.3. The third-order valence-corrected chi connectivity index (χ3v) is 7.32. The highest BCUT2D eigenvalue weighted by Gasteiger charge is 2.32. The normalized spacial score (nSPS) is 26.6. The predicted octanol–water partition coefficient (Wildman–Crippen LogP) is 4.12. The molecule has 0 bridgehead atoms. The van der Waals surface area contributed by atoms with Gasteiger partial charge in [-0.25, -0.2) is 0 Å². The summed E-state index contributed by atoms with van der Waals surface area (Å²) in [5, 5.41) is 23.5. The van der Waals surface area contributed by atoms with E-state index in [4.69, 9.17) is 10.1 Å². The van der Waals surface area contributed by atoms with Gasteiger partial charge in [0.25, 0.3) is 0 Å². The standard InChI is InChI=1S/C24H33N7O/c1-4-20(15-32)29-13-18(11-26-29)23-17(3)31-22(9-10-25-31)24(28-23)19-12-27-30(14-19)21-8-6-5-7-16(21)2/h9-14,16-17,20-21,23,32H,4-8,15H2,1-3H3/t16-,17?,20?,21-,23?/m1/s1. The van der Waals surface area contributed by atoms with E-state index in [9.17, 15) is 5.11 Å². The average Bonchev–Trinajstić information content (AvgIpc) is 3.56. The minimum Gasteiger partial charge on any atom is -0.394 e. The van der Waals surface area contributed by atoms with Crippen molar-refractivity contribution in [3.63, 3.8) is 0 Å². The quantitative estimate of drug-likeness (QED) is 0.631. The number of aliphatic imine (C=N–C) groups is 1. The molecule has 5 rings (SSSR count). The molecule has 3 unspecified atom stereocenters. The molecule has 1 saturated carbocycles. The summed E-state index contributed by atoms with van der Waals surface area (Å²) in [6, 6.07) is 2.46. The Labute approximate surface area is 189 Å². The van der Waals surface area contributed by atoms with Crippen molar-refractivity contribution >= 4 is 5.71 Å². The third kappa shape index (κ3) is 3.60. The molecule has 1 aliphatic heterocycles. The van der Waals surface area contributed by atoms with Gasteiger partial charge in [-0.05, 0) is 38.2 Å². The fourth-order valence-electron chi connectivity index (χ4n) is 5.28. The molecule has 0 spiro atoms.